The molecule has 0 radical (unpaired) electrons. The Bertz CT molecular complexity index is 926. The van der Waals surface area contributed by atoms with Crippen LogP contribution >= 0.6 is 0 Å². The minimum atomic E-state index is -0.396. The van der Waals surface area contributed by atoms with E-state index in [2.05, 4.69) is 6.92 Å². The van der Waals surface area contributed by atoms with Gasteiger partial charge in [-0.25, -0.2) is 4.79 Å². The summed E-state index contributed by atoms with van der Waals surface area (Å²) in [4.78, 5) is 12.0. The number of rotatable bonds is 10. The first-order chi connectivity index (χ1) is 14.7. The lowest BCUT2D eigenvalue weighted by Crippen LogP contribution is -2.03. The van der Waals surface area contributed by atoms with Gasteiger partial charge in [-0.1, -0.05) is 80.8 Å². The Kier molecular flexibility index (Phi) is 8.28. The normalized spacial score (nSPS) is 10.8. The first-order valence-electron chi connectivity index (χ1n) is 10.5. The molecule has 154 valence electrons. The fourth-order valence-corrected chi connectivity index (χ4v) is 3.06. The average molecular weight is 401 g/mol. The molecule has 3 aromatic rings. The van der Waals surface area contributed by atoms with Gasteiger partial charge in [0.05, 0.1) is 6.61 Å². The lowest BCUT2D eigenvalue weighted by molar-refractivity contribution is -0.128. The molecule has 0 aliphatic heterocycles. The topological polar surface area (TPSA) is 35.5 Å². The van der Waals surface area contributed by atoms with Crippen LogP contribution in [0.1, 0.15) is 38.2 Å². The van der Waals surface area contributed by atoms with Crippen molar-refractivity contribution in [2.75, 3.05) is 6.61 Å². The van der Waals surface area contributed by atoms with Gasteiger partial charge in [0.1, 0.15) is 11.5 Å². The van der Waals surface area contributed by atoms with Crippen LogP contribution < -0.4 is 9.47 Å². The van der Waals surface area contributed by atoms with Crippen molar-refractivity contribution >= 4 is 12.0 Å². The molecule has 3 rings (SSSR count). The van der Waals surface area contributed by atoms with Crippen LogP contribution in [0.4, 0.5) is 0 Å². The molecule has 0 amide bonds. The van der Waals surface area contributed by atoms with E-state index in [-0.39, 0.29) is 0 Å². The van der Waals surface area contributed by atoms with Crippen molar-refractivity contribution in [1.29, 1.82) is 0 Å². The molecule has 0 unspecified atom stereocenters. The maximum absolute atomic E-state index is 12.0. The molecule has 0 atom stereocenters. The van der Waals surface area contributed by atoms with Gasteiger partial charge >= 0.3 is 5.97 Å². The number of carbonyl (C=O) groups is 1. The summed E-state index contributed by atoms with van der Waals surface area (Å²) in [5.41, 5.74) is 3.11. The predicted octanol–water partition coefficient (Wildman–Crippen LogP) is 6.93. The average Bonchev–Trinajstić information content (AvgIpc) is 2.79. The predicted molar refractivity (Wildman–Crippen MR) is 123 cm³/mol. The summed E-state index contributed by atoms with van der Waals surface area (Å²) in [5.74, 6) is 1.02. The van der Waals surface area contributed by atoms with Gasteiger partial charge in [-0.3, -0.25) is 0 Å². The Hall–Kier alpha value is -3.33. The van der Waals surface area contributed by atoms with E-state index < -0.39 is 5.97 Å². The molecule has 0 fully saturated rings. The Morgan fingerprint density at radius 2 is 1.40 bits per heavy atom. The third-order valence-electron chi connectivity index (χ3n) is 4.74. The summed E-state index contributed by atoms with van der Waals surface area (Å²) >= 11 is 0. The highest BCUT2D eigenvalue weighted by Crippen LogP contribution is 2.25. The van der Waals surface area contributed by atoms with Gasteiger partial charge in [0.25, 0.3) is 0 Å². The van der Waals surface area contributed by atoms with Crippen LogP contribution in [0.25, 0.3) is 17.2 Å². The van der Waals surface area contributed by atoms with Crippen molar-refractivity contribution < 1.29 is 14.3 Å². The van der Waals surface area contributed by atoms with Crippen molar-refractivity contribution in [2.45, 2.75) is 32.6 Å². The van der Waals surface area contributed by atoms with E-state index >= 15 is 0 Å². The summed E-state index contributed by atoms with van der Waals surface area (Å²) in [6, 6.07) is 25.3. The Morgan fingerprint density at radius 3 is 2.03 bits per heavy atom. The number of ether oxygens (including phenoxy) is 2. The summed E-state index contributed by atoms with van der Waals surface area (Å²) in [5, 5.41) is 0. The van der Waals surface area contributed by atoms with Crippen LogP contribution in [0.2, 0.25) is 0 Å². The molecule has 0 saturated carbocycles. The SMILES string of the molecule is CCCCCCOc1ccc(-c2ccc(OC(=O)C=Cc3ccccc3)cc2)cc1. The number of unbranched alkanes of at least 4 members (excludes halogenated alkanes) is 3. The van der Waals surface area contributed by atoms with Gasteiger partial charge < -0.3 is 9.47 Å². The molecule has 3 heteroatoms. The van der Waals surface area contributed by atoms with E-state index in [9.17, 15) is 4.79 Å². The summed E-state index contributed by atoms with van der Waals surface area (Å²) in [7, 11) is 0. The van der Waals surface area contributed by atoms with Gasteiger partial charge in [0.15, 0.2) is 0 Å². The first-order valence-corrected chi connectivity index (χ1v) is 10.5. The smallest absolute Gasteiger partial charge is 0.336 e. The van der Waals surface area contributed by atoms with E-state index in [0.717, 1.165) is 35.5 Å². The van der Waals surface area contributed by atoms with Crippen LogP contribution in [-0.4, -0.2) is 12.6 Å². The Labute approximate surface area is 179 Å². The van der Waals surface area contributed by atoms with Crippen LogP contribution in [-0.2, 0) is 4.79 Å². The number of hydrogen-bond donors (Lipinski definition) is 0. The highest BCUT2D eigenvalue weighted by molar-refractivity contribution is 5.88. The summed E-state index contributed by atoms with van der Waals surface area (Å²) < 4.78 is 11.2. The first kappa shape index (κ1) is 21.4. The fourth-order valence-electron chi connectivity index (χ4n) is 3.06. The second-order valence-corrected chi connectivity index (χ2v) is 7.12. The fraction of sp³-hybridized carbons (Fsp3) is 0.222. The van der Waals surface area contributed by atoms with E-state index in [0.29, 0.717) is 5.75 Å². The Balaban J connectivity index is 1.51. The molecule has 0 heterocycles. The van der Waals surface area contributed by atoms with E-state index in [1.807, 2.05) is 78.9 Å². The van der Waals surface area contributed by atoms with Crippen molar-refractivity contribution in [2.24, 2.45) is 0 Å². The van der Waals surface area contributed by atoms with Crippen molar-refractivity contribution in [3.05, 3.63) is 90.5 Å². The van der Waals surface area contributed by atoms with Gasteiger partial charge in [0.2, 0.25) is 0 Å². The quantitative estimate of drug-likeness (QED) is 0.160. The number of benzene rings is 3. The zero-order valence-corrected chi connectivity index (χ0v) is 17.4. The number of esters is 1. The zero-order valence-electron chi connectivity index (χ0n) is 17.4. The number of carbonyl (C=O) groups excluding carboxylic acids is 1. The third-order valence-corrected chi connectivity index (χ3v) is 4.74. The number of hydrogen-bond acceptors (Lipinski definition) is 3. The van der Waals surface area contributed by atoms with Crippen LogP contribution in [0.15, 0.2) is 84.9 Å². The minimum Gasteiger partial charge on any atom is -0.494 e. The second kappa shape index (κ2) is 11.6. The maximum atomic E-state index is 12.0. The van der Waals surface area contributed by atoms with Crippen molar-refractivity contribution in [3.8, 4) is 22.6 Å². The molecule has 0 spiro atoms. The summed E-state index contributed by atoms with van der Waals surface area (Å²) in [6.07, 6.45) is 7.98. The largest absolute Gasteiger partial charge is 0.494 e. The molecule has 3 aromatic carbocycles. The summed E-state index contributed by atoms with van der Waals surface area (Å²) in [6.45, 7) is 2.97. The molecule has 30 heavy (non-hydrogen) atoms. The molecular weight excluding hydrogens is 372 g/mol. The van der Waals surface area contributed by atoms with E-state index in [1.165, 1.54) is 25.3 Å². The van der Waals surface area contributed by atoms with E-state index in [4.69, 9.17) is 9.47 Å². The standard InChI is InChI=1S/C27H28O3/c1-2-3-4-8-21-29-25-16-12-23(13-17-25)24-14-18-26(19-15-24)30-27(28)20-11-22-9-6-5-7-10-22/h5-7,9-20H,2-4,8,21H2,1H3. The third kappa shape index (κ3) is 6.93. The highest BCUT2D eigenvalue weighted by Gasteiger charge is 2.03. The van der Waals surface area contributed by atoms with Crippen molar-refractivity contribution in [3.63, 3.8) is 0 Å². The lowest BCUT2D eigenvalue weighted by atomic mass is 10.1. The zero-order chi connectivity index (χ0) is 21.0. The molecule has 0 bridgehead atoms. The second-order valence-electron chi connectivity index (χ2n) is 7.12. The van der Waals surface area contributed by atoms with Crippen molar-refractivity contribution in [1.82, 2.24) is 0 Å². The molecule has 0 aliphatic carbocycles. The maximum Gasteiger partial charge on any atom is 0.336 e. The van der Waals surface area contributed by atoms with Gasteiger partial charge in [-0.15, -0.1) is 0 Å². The molecule has 0 N–H and O–H groups in total. The monoisotopic (exact) mass is 400 g/mol. The molecular formula is C27H28O3. The Morgan fingerprint density at radius 1 is 0.767 bits per heavy atom. The molecule has 0 saturated heterocycles. The van der Waals surface area contributed by atoms with Crippen LogP contribution in [0.3, 0.4) is 0 Å². The van der Waals surface area contributed by atoms with Gasteiger partial charge in [0, 0.05) is 6.08 Å². The van der Waals surface area contributed by atoms with Gasteiger partial charge in [-0.2, -0.15) is 0 Å². The van der Waals surface area contributed by atoms with Gasteiger partial charge in [-0.05, 0) is 53.5 Å². The highest BCUT2D eigenvalue weighted by atomic mass is 16.5. The minimum absolute atomic E-state index is 0.396. The lowest BCUT2D eigenvalue weighted by Gasteiger charge is -2.08. The molecule has 0 aliphatic rings. The molecule has 0 aromatic heterocycles. The van der Waals surface area contributed by atoms with Crippen LogP contribution in [0.5, 0.6) is 11.5 Å². The van der Waals surface area contributed by atoms with Crippen LogP contribution in [0, 0.1) is 0 Å². The molecule has 3 nitrogen and oxygen atoms in total. The van der Waals surface area contributed by atoms with E-state index in [1.54, 1.807) is 6.08 Å².